The zero-order chi connectivity index (χ0) is 11.4. The van der Waals surface area contributed by atoms with Crippen LogP contribution >= 0.6 is 0 Å². The SMILES string of the molecule is CC(C)NCc1cccnc1OCC1CC1. The van der Waals surface area contributed by atoms with Crippen molar-refractivity contribution >= 4 is 0 Å². The van der Waals surface area contributed by atoms with Crippen molar-refractivity contribution in [1.82, 2.24) is 10.3 Å². The average Bonchev–Trinajstić information content (AvgIpc) is 3.08. The van der Waals surface area contributed by atoms with Gasteiger partial charge in [-0.15, -0.1) is 0 Å². The number of pyridine rings is 1. The lowest BCUT2D eigenvalue weighted by atomic mass is 10.2. The number of hydrogen-bond acceptors (Lipinski definition) is 3. The van der Waals surface area contributed by atoms with Gasteiger partial charge in [0.25, 0.3) is 0 Å². The fraction of sp³-hybridized carbons (Fsp3) is 0.615. The Morgan fingerprint density at radius 1 is 1.50 bits per heavy atom. The van der Waals surface area contributed by atoms with Crippen molar-refractivity contribution in [3.05, 3.63) is 23.9 Å². The van der Waals surface area contributed by atoms with Gasteiger partial charge in [-0.2, -0.15) is 0 Å². The predicted octanol–water partition coefficient (Wildman–Crippen LogP) is 2.37. The minimum absolute atomic E-state index is 0.483. The number of nitrogens with one attached hydrogen (secondary N) is 1. The number of hydrogen-bond donors (Lipinski definition) is 1. The van der Waals surface area contributed by atoms with Crippen LogP contribution in [0.5, 0.6) is 5.88 Å². The molecule has 0 radical (unpaired) electrons. The second-order valence-electron chi connectivity index (χ2n) is 4.76. The first-order chi connectivity index (χ1) is 7.75. The fourth-order valence-electron chi connectivity index (χ4n) is 1.48. The standard InChI is InChI=1S/C13H20N2O/c1-10(2)15-8-12-4-3-7-14-13(12)16-9-11-5-6-11/h3-4,7,10-11,15H,5-6,8-9H2,1-2H3. The summed E-state index contributed by atoms with van der Waals surface area (Å²) in [6.07, 6.45) is 4.42. The van der Waals surface area contributed by atoms with Crippen LogP contribution in [-0.4, -0.2) is 17.6 Å². The minimum atomic E-state index is 0.483. The fourth-order valence-corrected chi connectivity index (χ4v) is 1.48. The van der Waals surface area contributed by atoms with Crippen molar-refractivity contribution in [3.63, 3.8) is 0 Å². The molecule has 0 amide bonds. The van der Waals surface area contributed by atoms with E-state index in [0.717, 1.165) is 30.5 Å². The van der Waals surface area contributed by atoms with E-state index in [9.17, 15) is 0 Å². The molecule has 3 heteroatoms. The highest BCUT2D eigenvalue weighted by atomic mass is 16.5. The normalized spacial score (nSPS) is 15.4. The largest absolute Gasteiger partial charge is 0.477 e. The van der Waals surface area contributed by atoms with Crippen molar-refractivity contribution in [2.45, 2.75) is 39.3 Å². The Morgan fingerprint density at radius 2 is 2.31 bits per heavy atom. The van der Waals surface area contributed by atoms with E-state index < -0.39 is 0 Å². The van der Waals surface area contributed by atoms with Gasteiger partial charge in [0.15, 0.2) is 0 Å². The molecular weight excluding hydrogens is 200 g/mol. The summed E-state index contributed by atoms with van der Waals surface area (Å²) in [6.45, 7) is 5.93. The second kappa shape index (κ2) is 5.30. The highest BCUT2D eigenvalue weighted by Gasteiger charge is 2.22. The van der Waals surface area contributed by atoms with Gasteiger partial charge in [0.2, 0.25) is 5.88 Å². The van der Waals surface area contributed by atoms with E-state index in [-0.39, 0.29) is 0 Å². The molecule has 0 spiro atoms. The number of aromatic nitrogens is 1. The molecule has 1 fully saturated rings. The maximum Gasteiger partial charge on any atom is 0.217 e. The first-order valence-corrected chi connectivity index (χ1v) is 6.06. The summed E-state index contributed by atoms with van der Waals surface area (Å²) in [5.41, 5.74) is 1.15. The third-order valence-electron chi connectivity index (χ3n) is 2.70. The van der Waals surface area contributed by atoms with Gasteiger partial charge in [0, 0.05) is 24.3 Å². The topological polar surface area (TPSA) is 34.2 Å². The van der Waals surface area contributed by atoms with Crippen molar-refractivity contribution in [1.29, 1.82) is 0 Å². The zero-order valence-corrected chi connectivity index (χ0v) is 10.1. The van der Waals surface area contributed by atoms with E-state index >= 15 is 0 Å². The number of rotatable bonds is 6. The molecule has 1 N–H and O–H groups in total. The molecule has 1 aliphatic rings. The maximum atomic E-state index is 5.74. The molecule has 3 nitrogen and oxygen atoms in total. The van der Waals surface area contributed by atoms with Crippen LogP contribution < -0.4 is 10.1 Å². The Hall–Kier alpha value is -1.09. The summed E-state index contributed by atoms with van der Waals surface area (Å²) in [4.78, 5) is 4.29. The summed E-state index contributed by atoms with van der Waals surface area (Å²) in [7, 11) is 0. The van der Waals surface area contributed by atoms with Gasteiger partial charge in [-0.3, -0.25) is 0 Å². The number of nitrogens with zero attached hydrogens (tertiary/aromatic N) is 1. The van der Waals surface area contributed by atoms with E-state index in [0.29, 0.717) is 6.04 Å². The molecule has 1 aromatic heterocycles. The maximum absolute atomic E-state index is 5.74. The van der Waals surface area contributed by atoms with E-state index in [2.05, 4.69) is 30.2 Å². The van der Waals surface area contributed by atoms with Crippen LogP contribution in [-0.2, 0) is 6.54 Å². The molecule has 0 saturated heterocycles. The van der Waals surface area contributed by atoms with Crippen LogP contribution in [0.2, 0.25) is 0 Å². The lowest BCUT2D eigenvalue weighted by Crippen LogP contribution is -2.22. The van der Waals surface area contributed by atoms with Gasteiger partial charge in [-0.1, -0.05) is 19.9 Å². The van der Waals surface area contributed by atoms with E-state index in [4.69, 9.17) is 4.74 Å². The molecule has 1 aromatic rings. The van der Waals surface area contributed by atoms with Crippen LogP contribution in [0.1, 0.15) is 32.3 Å². The molecule has 88 valence electrons. The Kier molecular flexibility index (Phi) is 3.78. The summed E-state index contributed by atoms with van der Waals surface area (Å²) < 4.78 is 5.74. The molecule has 0 atom stereocenters. The minimum Gasteiger partial charge on any atom is -0.477 e. The quantitative estimate of drug-likeness (QED) is 0.799. The van der Waals surface area contributed by atoms with Gasteiger partial charge in [0.1, 0.15) is 0 Å². The van der Waals surface area contributed by atoms with E-state index in [1.54, 1.807) is 6.20 Å². The highest BCUT2D eigenvalue weighted by molar-refractivity contribution is 5.25. The summed E-state index contributed by atoms with van der Waals surface area (Å²) in [5, 5.41) is 3.39. The lowest BCUT2D eigenvalue weighted by Gasteiger charge is -2.12. The Morgan fingerprint density at radius 3 is 3.00 bits per heavy atom. The van der Waals surface area contributed by atoms with Crippen LogP contribution in [0.15, 0.2) is 18.3 Å². The zero-order valence-electron chi connectivity index (χ0n) is 10.1. The van der Waals surface area contributed by atoms with Crippen LogP contribution in [0, 0.1) is 5.92 Å². The molecule has 1 saturated carbocycles. The van der Waals surface area contributed by atoms with Crippen molar-refractivity contribution in [3.8, 4) is 5.88 Å². The van der Waals surface area contributed by atoms with Crippen LogP contribution in [0.4, 0.5) is 0 Å². The Bertz CT molecular complexity index is 309. The first-order valence-electron chi connectivity index (χ1n) is 6.06. The van der Waals surface area contributed by atoms with Crippen molar-refractivity contribution in [2.75, 3.05) is 6.61 Å². The van der Waals surface area contributed by atoms with Crippen LogP contribution in [0.25, 0.3) is 0 Å². The van der Waals surface area contributed by atoms with E-state index in [1.807, 2.05) is 6.07 Å². The third kappa shape index (κ3) is 3.49. The molecule has 0 aliphatic heterocycles. The molecular formula is C13H20N2O. The van der Waals surface area contributed by atoms with Gasteiger partial charge in [-0.25, -0.2) is 4.98 Å². The van der Waals surface area contributed by atoms with E-state index in [1.165, 1.54) is 12.8 Å². The summed E-state index contributed by atoms with van der Waals surface area (Å²) >= 11 is 0. The van der Waals surface area contributed by atoms with Gasteiger partial charge < -0.3 is 10.1 Å². The highest BCUT2D eigenvalue weighted by Crippen LogP contribution is 2.29. The van der Waals surface area contributed by atoms with Gasteiger partial charge >= 0.3 is 0 Å². The summed E-state index contributed by atoms with van der Waals surface area (Å²) in [5.74, 6) is 1.57. The molecule has 16 heavy (non-hydrogen) atoms. The molecule has 1 heterocycles. The van der Waals surface area contributed by atoms with Crippen molar-refractivity contribution in [2.24, 2.45) is 5.92 Å². The molecule has 0 unspecified atom stereocenters. The molecule has 2 rings (SSSR count). The molecule has 1 aliphatic carbocycles. The smallest absolute Gasteiger partial charge is 0.217 e. The molecule has 0 bridgehead atoms. The van der Waals surface area contributed by atoms with Crippen LogP contribution in [0.3, 0.4) is 0 Å². The summed E-state index contributed by atoms with van der Waals surface area (Å²) in [6, 6.07) is 4.52. The Labute approximate surface area is 97.2 Å². The van der Waals surface area contributed by atoms with Gasteiger partial charge in [-0.05, 0) is 24.8 Å². The Balaban J connectivity index is 1.92. The number of ether oxygens (including phenoxy) is 1. The molecule has 0 aromatic carbocycles. The van der Waals surface area contributed by atoms with Crippen molar-refractivity contribution < 1.29 is 4.74 Å². The lowest BCUT2D eigenvalue weighted by molar-refractivity contribution is 0.284. The predicted molar refractivity (Wildman–Crippen MR) is 64.4 cm³/mol. The first kappa shape index (κ1) is 11.4. The third-order valence-corrected chi connectivity index (χ3v) is 2.70. The average molecular weight is 220 g/mol. The monoisotopic (exact) mass is 220 g/mol. The second-order valence-corrected chi connectivity index (χ2v) is 4.76. The van der Waals surface area contributed by atoms with Gasteiger partial charge in [0.05, 0.1) is 6.61 Å².